The highest BCUT2D eigenvalue weighted by atomic mass is 32.2. The van der Waals surface area contributed by atoms with Crippen LogP contribution in [0.1, 0.15) is 13.3 Å². The fraction of sp³-hybridized carbons (Fsp3) is 1.00. The van der Waals surface area contributed by atoms with E-state index in [0.717, 1.165) is 0 Å². The molecule has 0 radical (unpaired) electrons. The number of sulfonamides is 1. The van der Waals surface area contributed by atoms with Gasteiger partial charge in [0, 0.05) is 12.6 Å². The van der Waals surface area contributed by atoms with Crippen molar-refractivity contribution in [2.24, 2.45) is 0 Å². The van der Waals surface area contributed by atoms with E-state index in [1.54, 1.807) is 6.92 Å². The van der Waals surface area contributed by atoms with Crippen LogP contribution in [0.4, 0.5) is 0 Å². The summed E-state index contributed by atoms with van der Waals surface area (Å²) in [5.74, 6) is 0.233. The Balaban J connectivity index is 2.73. The zero-order valence-electron chi connectivity index (χ0n) is 6.52. The second kappa shape index (κ2) is 3.08. The van der Waals surface area contributed by atoms with E-state index in [2.05, 4.69) is 0 Å². The van der Waals surface area contributed by atoms with E-state index in [4.69, 9.17) is 5.11 Å². The second-order valence-corrected chi connectivity index (χ2v) is 4.85. The molecule has 0 amide bonds. The Labute approximate surface area is 66.9 Å². The minimum absolute atomic E-state index is 0.0980. The first kappa shape index (κ1) is 8.96. The molecule has 1 atom stereocenters. The number of rotatable bonds is 2. The lowest BCUT2D eigenvalue weighted by atomic mass is 10.3. The Morgan fingerprint density at radius 2 is 2.27 bits per heavy atom. The van der Waals surface area contributed by atoms with Crippen LogP contribution in [0.2, 0.25) is 0 Å². The molecule has 1 aliphatic rings. The molecule has 0 unspecified atom stereocenters. The van der Waals surface area contributed by atoms with Gasteiger partial charge in [0.25, 0.3) is 0 Å². The van der Waals surface area contributed by atoms with Crippen molar-refractivity contribution in [3.05, 3.63) is 0 Å². The van der Waals surface area contributed by atoms with Crippen LogP contribution in [0.15, 0.2) is 0 Å². The molecule has 66 valence electrons. The van der Waals surface area contributed by atoms with E-state index in [1.807, 2.05) is 0 Å². The summed E-state index contributed by atoms with van der Waals surface area (Å²) in [5.41, 5.74) is 0. The molecule has 1 N–H and O–H groups in total. The molecular formula is C6H13NO3S. The predicted octanol–water partition coefficient (Wildman–Crippen LogP) is -0.597. The molecule has 0 aromatic rings. The SMILES string of the molecule is C[C@@H](CO)N1CCCS1(=O)=O. The van der Waals surface area contributed by atoms with Gasteiger partial charge < -0.3 is 5.11 Å². The normalized spacial score (nSPS) is 27.1. The average molecular weight is 179 g/mol. The summed E-state index contributed by atoms with van der Waals surface area (Å²) in [5, 5.41) is 8.72. The van der Waals surface area contributed by atoms with Gasteiger partial charge in [0.15, 0.2) is 0 Å². The first-order valence-electron chi connectivity index (χ1n) is 3.68. The number of aliphatic hydroxyl groups is 1. The number of hydrogen-bond acceptors (Lipinski definition) is 3. The zero-order chi connectivity index (χ0) is 8.48. The summed E-state index contributed by atoms with van der Waals surface area (Å²) < 4.78 is 23.7. The number of aliphatic hydroxyl groups excluding tert-OH is 1. The second-order valence-electron chi connectivity index (χ2n) is 2.81. The Morgan fingerprint density at radius 3 is 2.64 bits per heavy atom. The van der Waals surface area contributed by atoms with E-state index in [0.29, 0.717) is 13.0 Å². The molecule has 4 nitrogen and oxygen atoms in total. The van der Waals surface area contributed by atoms with Gasteiger partial charge in [-0.25, -0.2) is 8.42 Å². The van der Waals surface area contributed by atoms with Crippen molar-refractivity contribution < 1.29 is 13.5 Å². The maximum absolute atomic E-state index is 11.2. The van der Waals surface area contributed by atoms with Crippen LogP contribution in [0, 0.1) is 0 Å². The van der Waals surface area contributed by atoms with Gasteiger partial charge in [-0.2, -0.15) is 4.31 Å². The van der Waals surface area contributed by atoms with Crippen molar-refractivity contribution >= 4 is 10.0 Å². The Hall–Kier alpha value is -0.130. The first-order chi connectivity index (χ1) is 5.08. The standard InChI is InChI=1S/C6H13NO3S/c1-6(5-8)7-3-2-4-11(7,9)10/h6,8H,2-5H2,1H3/t6-/m0/s1. The van der Waals surface area contributed by atoms with Gasteiger partial charge in [0.05, 0.1) is 12.4 Å². The molecule has 0 saturated carbocycles. The van der Waals surface area contributed by atoms with Crippen molar-refractivity contribution in [2.75, 3.05) is 18.9 Å². The lowest BCUT2D eigenvalue weighted by Crippen LogP contribution is -2.36. The van der Waals surface area contributed by atoms with Crippen molar-refractivity contribution in [3.8, 4) is 0 Å². The van der Waals surface area contributed by atoms with Gasteiger partial charge in [0.2, 0.25) is 10.0 Å². The molecule has 11 heavy (non-hydrogen) atoms. The monoisotopic (exact) mass is 179 g/mol. The van der Waals surface area contributed by atoms with Crippen LogP contribution in [0.25, 0.3) is 0 Å². The lowest BCUT2D eigenvalue weighted by Gasteiger charge is -2.19. The highest BCUT2D eigenvalue weighted by Crippen LogP contribution is 2.16. The number of hydrogen-bond donors (Lipinski definition) is 1. The molecular weight excluding hydrogens is 166 g/mol. The predicted molar refractivity (Wildman–Crippen MR) is 41.7 cm³/mol. The minimum atomic E-state index is -3.03. The van der Waals surface area contributed by atoms with Gasteiger partial charge >= 0.3 is 0 Å². The Morgan fingerprint density at radius 1 is 1.64 bits per heavy atom. The summed E-state index contributed by atoms with van der Waals surface area (Å²) in [6.07, 6.45) is 0.687. The van der Waals surface area contributed by atoms with E-state index in [-0.39, 0.29) is 18.4 Å². The molecule has 0 aromatic carbocycles. The fourth-order valence-electron chi connectivity index (χ4n) is 1.24. The Bertz CT molecular complexity index is 224. The van der Waals surface area contributed by atoms with Crippen molar-refractivity contribution in [2.45, 2.75) is 19.4 Å². The van der Waals surface area contributed by atoms with Crippen LogP contribution < -0.4 is 0 Å². The molecule has 0 aliphatic carbocycles. The van der Waals surface area contributed by atoms with Crippen LogP contribution in [-0.4, -0.2) is 42.8 Å². The molecule has 1 aliphatic heterocycles. The molecule has 1 heterocycles. The third-order valence-corrected chi connectivity index (χ3v) is 3.96. The molecule has 0 bridgehead atoms. The smallest absolute Gasteiger partial charge is 0.214 e. The quantitative estimate of drug-likeness (QED) is 0.616. The maximum Gasteiger partial charge on any atom is 0.214 e. The van der Waals surface area contributed by atoms with E-state index < -0.39 is 10.0 Å². The largest absolute Gasteiger partial charge is 0.395 e. The summed E-state index contributed by atoms with van der Waals surface area (Å²) in [6, 6.07) is -0.262. The van der Waals surface area contributed by atoms with E-state index in [1.165, 1.54) is 4.31 Å². The van der Waals surface area contributed by atoms with Gasteiger partial charge in [-0.3, -0.25) is 0 Å². The van der Waals surface area contributed by atoms with Crippen LogP contribution in [0.5, 0.6) is 0 Å². The van der Waals surface area contributed by atoms with Crippen LogP contribution in [0.3, 0.4) is 0 Å². The molecule has 1 saturated heterocycles. The maximum atomic E-state index is 11.2. The summed E-state index contributed by atoms with van der Waals surface area (Å²) in [6.45, 7) is 2.17. The van der Waals surface area contributed by atoms with Gasteiger partial charge in [-0.05, 0) is 13.3 Å². The summed E-state index contributed by atoms with van der Waals surface area (Å²) in [4.78, 5) is 0. The summed E-state index contributed by atoms with van der Waals surface area (Å²) >= 11 is 0. The lowest BCUT2D eigenvalue weighted by molar-refractivity contribution is 0.205. The third kappa shape index (κ3) is 1.72. The fourth-order valence-corrected chi connectivity index (χ4v) is 3.00. The van der Waals surface area contributed by atoms with Crippen LogP contribution in [-0.2, 0) is 10.0 Å². The average Bonchev–Trinajstić information content (AvgIpc) is 2.28. The summed E-state index contributed by atoms with van der Waals surface area (Å²) in [7, 11) is -3.03. The van der Waals surface area contributed by atoms with Gasteiger partial charge in [0.1, 0.15) is 0 Å². The van der Waals surface area contributed by atoms with Gasteiger partial charge in [-0.1, -0.05) is 0 Å². The highest BCUT2D eigenvalue weighted by Gasteiger charge is 2.31. The Kier molecular flexibility index (Phi) is 2.51. The minimum Gasteiger partial charge on any atom is -0.395 e. The molecule has 0 aromatic heterocycles. The zero-order valence-corrected chi connectivity index (χ0v) is 7.34. The molecule has 1 rings (SSSR count). The molecule has 5 heteroatoms. The number of nitrogens with zero attached hydrogens (tertiary/aromatic N) is 1. The first-order valence-corrected chi connectivity index (χ1v) is 5.29. The topological polar surface area (TPSA) is 57.6 Å². The highest BCUT2D eigenvalue weighted by molar-refractivity contribution is 7.89. The third-order valence-electron chi connectivity index (χ3n) is 1.89. The van der Waals surface area contributed by atoms with Gasteiger partial charge in [-0.15, -0.1) is 0 Å². The van der Waals surface area contributed by atoms with E-state index >= 15 is 0 Å². The molecule has 1 fully saturated rings. The van der Waals surface area contributed by atoms with Crippen LogP contribution >= 0.6 is 0 Å². The van der Waals surface area contributed by atoms with Crippen molar-refractivity contribution in [3.63, 3.8) is 0 Å². The molecule has 0 spiro atoms. The van der Waals surface area contributed by atoms with Crippen molar-refractivity contribution in [1.29, 1.82) is 0 Å². The van der Waals surface area contributed by atoms with Crippen molar-refractivity contribution in [1.82, 2.24) is 4.31 Å². The van der Waals surface area contributed by atoms with E-state index in [9.17, 15) is 8.42 Å².